The number of ether oxygens (including phenoxy) is 1. The molecule has 0 aromatic carbocycles. The van der Waals surface area contributed by atoms with E-state index in [2.05, 4.69) is 5.32 Å². The lowest BCUT2D eigenvalue weighted by molar-refractivity contribution is -0.134. The summed E-state index contributed by atoms with van der Waals surface area (Å²) in [6.07, 6.45) is 0. The molecule has 0 spiro atoms. The summed E-state index contributed by atoms with van der Waals surface area (Å²) in [4.78, 5) is 13.0. The van der Waals surface area contributed by atoms with Crippen LogP contribution in [0.5, 0.6) is 0 Å². The molecule has 70 valence electrons. The first-order valence-corrected chi connectivity index (χ1v) is 4.16. The summed E-state index contributed by atoms with van der Waals surface area (Å²) >= 11 is 0. The molecule has 4 nitrogen and oxygen atoms in total. The Labute approximate surface area is 72.9 Å². The molecule has 12 heavy (non-hydrogen) atoms. The van der Waals surface area contributed by atoms with Crippen LogP contribution < -0.4 is 5.32 Å². The van der Waals surface area contributed by atoms with Crippen molar-refractivity contribution < 1.29 is 9.53 Å². The van der Waals surface area contributed by atoms with E-state index < -0.39 is 0 Å². The molecule has 2 unspecified atom stereocenters. The molecule has 1 N–H and O–H groups in total. The van der Waals surface area contributed by atoms with Crippen LogP contribution in [0.4, 0.5) is 0 Å². The van der Waals surface area contributed by atoms with Gasteiger partial charge in [0.1, 0.15) is 6.04 Å². The minimum Gasteiger partial charge on any atom is -0.378 e. The average molecular weight is 172 g/mol. The van der Waals surface area contributed by atoms with Crippen LogP contribution in [-0.4, -0.2) is 50.2 Å². The first-order valence-electron chi connectivity index (χ1n) is 4.16. The van der Waals surface area contributed by atoms with Crippen LogP contribution in [0.1, 0.15) is 6.92 Å². The smallest absolute Gasteiger partial charge is 0.241 e. The third kappa shape index (κ3) is 2.19. The fourth-order valence-electron chi connectivity index (χ4n) is 1.26. The Kier molecular flexibility index (Phi) is 3.05. The summed E-state index contributed by atoms with van der Waals surface area (Å²) in [6.45, 7) is 3.19. The number of hydrogen-bond acceptors (Lipinski definition) is 3. The molecule has 1 rings (SSSR count). The van der Waals surface area contributed by atoms with Gasteiger partial charge in [-0.05, 0) is 6.92 Å². The number of amides is 1. The Morgan fingerprint density at radius 3 is 2.67 bits per heavy atom. The molecule has 1 aliphatic rings. The summed E-state index contributed by atoms with van der Waals surface area (Å²) in [6, 6.07) is 0.108. The second kappa shape index (κ2) is 3.87. The Balaban J connectivity index is 2.46. The van der Waals surface area contributed by atoms with Gasteiger partial charge in [0.15, 0.2) is 0 Å². The summed E-state index contributed by atoms with van der Waals surface area (Å²) in [5.74, 6) is 0.0848. The molecular weight excluding hydrogens is 156 g/mol. The van der Waals surface area contributed by atoms with E-state index in [-0.39, 0.29) is 18.0 Å². The van der Waals surface area contributed by atoms with Gasteiger partial charge in [0.2, 0.25) is 5.91 Å². The summed E-state index contributed by atoms with van der Waals surface area (Å²) < 4.78 is 5.26. The molecule has 1 amide bonds. The normalized spacial score (nSPS) is 29.9. The van der Waals surface area contributed by atoms with Gasteiger partial charge >= 0.3 is 0 Å². The van der Waals surface area contributed by atoms with Crippen molar-refractivity contribution in [3.05, 3.63) is 0 Å². The van der Waals surface area contributed by atoms with Gasteiger partial charge in [-0.15, -0.1) is 0 Å². The maximum atomic E-state index is 11.4. The van der Waals surface area contributed by atoms with Crippen molar-refractivity contribution in [1.29, 1.82) is 0 Å². The van der Waals surface area contributed by atoms with Crippen LogP contribution in [0.15, 0.2) is 0 Å². The van der Waals surface area contributed by atoms with E-state index >= 15 is 0 Å². The lowest BCUT2D eigenvalue weighted by atomic mass is 10.2. The van der Waals surface area contributed by atoms with Gasteiger partial charge in [0.25, 0.3) is 0 Å². The second-order valence-electron chi connectivity index (χ2n) is 3.39. The fraction of sp³-hybridized carbons (Fsp3) is 0.875. The van der Waals surface area contributed by atoms with E-state index in [0.717, 1.165) is 0 Å². The number of nitrogens with one attached hydrogen (secondary N) is 1. The number of nitrogens with zero attached hydrogens (tertiary/aromatic N) is 1. The highest BCUT2D eigenvalue weighted by Crippen LogP contribution is 2.01. The largest absolute Gasteiger partial charge is 0.378 e. The zero-order valence-corrected chi connectivity index (χ0v) is 7.83. The Bertz CT molecular complexity index is 170. The number of likely N-dealkylation sites (N-methyl/N-ethyl adjacent to an activating group) is 1. The Hall–Kier alpha value is -0.610. The van der Waals surface area contributed by atoms with E-state index in [1.165, 1.54) is 0 Å². The molecule has 1 fully saturated rings. The van der Waals surface area contributed by atoms with Gasteiger partial charge in [-0.3, -0.25) is 10.1 Å². The maximum Gasteiger partial charge on any atom is 0.241 e. The molecule has 0 aromatic heterocycles. The van der Waals surface area contributed by atoms with E-state index in [0.29, 0.717) is 13.2 Å². The van der Waals surface area contributed by atoms with Crippen molar-refractivity contribution in [3.8, 4) is 0 Å². The molecule has 2 atom stereocenters. The van der Waals surface area contributed by atoms with Crippen LogP contribution >= 0.6 is 0 Å². The topological polar surface area (TPSA) is 41.6 Å². The lowest BCUT2D eigenvalue weighted by Crippen LogP contribution is -2.54. The summed E-state index contributed by atoms with van der Waals surface area (Å²) in [7, 11) is 3.51. The van der Waals surface area contributed by atoms with E-state index in [4.69, 9.17) is 4.74 Å². The van der Waals surface area contributed by atoms with Crippen LogP contribution in [0.3, 0.4) is 0 Å². The van der Waals surface area contributed by atoms with Gasteiger partial charge < -0.3 is 9.64 Å². The van der Waals surface area contributed by atoms with E-state index in [9.17, 15) is 4.79 Å². The number of morpholine rings is 1. The molecule has 1 saturated heterocycles. The molecule has 0 bridgehead atoms. The average Bonchev–Trinajstić information content (AvgIpc) is 2.03. The highest BCUT2D eigenvalue weighted by molar-refractivity contribution is 5.81. The van der Waals surface area contributed by atoms with Gasteiger partial charge in [-0.2, -0.15) is 0 Å². The van der Waals surface area contributed by atoms with Crippen molar-refractivity contribution in [2.45, 2.75) is 19.0 Å². The highest BCUT2D eigenvalue weighted by Gasteiger charge is 2.25. The van der Waals surface area contributed by atoms with Crippen molar-refractivity contribution in [2.24, 2.45) is 0 Å². The number of hydrogen-bond donors (Lipinski definition) is 1. The SMILES string of the molecule is CC1COCC(C(=O)N(C)C)N1. The molecular formula is C8H16N2O2. The Morgan fingerprint density at radius 2 is 2.17 bits per heavy atom. The maximum absolute atomic E-state index is 11.4. The number of carbonyl (C=O) groups is 1. The summed E-state index contributed by atoms with van der Waals surface area (Å²) in [5.41, 5.74) is 0. The Morgan fingerprint density at radius 1 is 1.50 bits per heavy atom. The van der Waals surface area contributed by atoms with Crippen LogP contribution in [0.2, 0.25) is 0 Å². The van der Waals surface area contributed by atoms with Crippen molar-refractivity contribution in [1.82, 2.24) is 10.2 Å². The van der Waals surface area contributed by atoms with Gasteiger partial charge in [-0.25, -0.2) is 0 Å². The molecule has 1 aliphatic heterocycles. The van der Waals surface area contributed by atoms with E-state index in [1.807, 2.05) is 6.92 Å². The molecule has 0 aliphatic carbocycles. The molecule has 0 saturated carbocycles. The van der Waals surface area contributed by atoms with Crippen LogP contribution in [-0.2, 0) is 9.53 Å². The first-order chi connectivity index (χ1) is 5.61. The lowest BCUT2D eigenvalue weighted by Gasteiger charge is -2.29. The number of carbonyl (C=O) groups excluding carboxylic acids is 1. The van der Waals surface area contributed by atoms with Crippen LogP contribution in [0.25, 0.3) is 0 Å². The van der Waals surface area contributed by atoms with E-state index in [1.54, 1.807) is 19.0 Å². The zero-order chi connectivity index (χ0) is 9.14. The molecule has 4 heteroatoms. The highest BCUT2D eigenvalue weighted by atomic mass is 16.5. The quantitative estimate of drug-likeness (QED) is 0.577. The minimum atomic E-state index is -0.163. The molecule has 1 heterocycles. The standard InChI is InChI=1S/C8H16N2O2/c1-6-4-12-5-7(9-6)8(11)10(2)3/h6-7,9H,4-5H2,1-3H3. The second-order valence-corrected chi connectivity index (χ2v) is 3.39. The fourth-order valence-corrected chi connectivity index (χ4v) is 1.26. The van der Waals surface area contributed by atoms with Gasteiger partial charge in [-0.1, -0.05) is 0 Å². The minimum absolute atomic E-state index is 0.0848. The van der Waals surface area contributed by atoms with Crippen molar-refractivity contribution in [3.63, 3.8) is 0 Å². The monoisotopic (exact) mass is 172 g/mol. The zero-order valence-electron chi connectivity index (χ0n) is 7.83. The van der Waals surface area contributed by atoms with Crippen molar-refractivity contribution in [2.75, 3.05) is 27.3 Å². The third-order valence-electron chi connectivity index (χ3n) is 1.88. The first kappa shape index (κ1) is 9.48. The predicted molar refractivity (Wildman–Crippen MR) is 45.9 cm³/mol. The van der Waals surface area contributed by atoms with Crippen molar-refractivity contribution >= 4 is 5.91 Å². The molecule has 0 aromatic rings. The third-order valence-corrected chi connectivity index (χ3v) is 1.88. The van der Waals surface area contributed by atoms with Crippen LogP contribution in [0, 0.1) is 0 Å². The van der Waals surface area contributed by atoms with Gasteiger partial charge in [0.05, 0.1) is 13.2 Å². The van der Waals surface area contributed by atoms with Gasteiger partial charge in [0, 0.05) is 20.1 Å². The number of rotatable bonds is 1. The predicted octanol–water partition coefficient (Wildman–Crippen LogP) is -0.548. The summed E-state index contributed by atoms with van der Waals surface area (Å²) in [5, 5.41) is 3.18. The molecule has 0 radical (unpaired) electrons.